The normalized spacial score (nSPS) is 13.1. The van der Waals surface area contributed by atoms with Crippen molar-refractivity contribution in [3.8, 4) is 0 Å². The van der Waals surface area contributed by atoms with Crippen LogP contribution in [0.1, 0.15) is 18.9 Å². The van der Waals surface area contributed by atoms with Crippen LogP contribution in [0.4, 0.5) is 0 Å². The van der Waals surface area contributed by atoms with Crippen LogP contribution in [0.3, 0.4) is 0 Å². The molecule has 4 N–H and O–H groups in total. The summed E-state index contributed by atoms with van der Waals surface area (Å²) in [6.07, 6.45) is 2.06. The Labute approximate surface area is 115 Å². The molecule has 1 atom stereocenters. The summed E-state index contributed by atoms with van der Waals surface area (Å²) in [5, 5.41) is 3.25. The van der Waals surface area contributed by atoms with Gasteiger partial charge in [-0.1, -0.05) is 30.3 Å². The van der Waals surface area contributed by atoms with Crippen molar-refractivity contribution in [2.24, 2.45) is 10.8 Å². The molecule has 0 spiro atoms. The van der Waals surface area contributed by atoms with Gasteiger partial charge in [-0.05, 0) is 25.3 Å². The monoisotopic (exact) mass is 264 g/mol. The Morgan fingerprint density at radius 2 is 2.11 bits per heavy atom. The van der Waals surface area contributed by atoms with Crippen LogP contribution in [0.25, 0.3) is 0 Å². The number of nitrogens with two attached hydrogens (primary N) is 1. The number of nitrogens with one attached hydrogen (secondary N) is 2. The molecule has 0 aliphatic heterocycles. The molecule has 1 rings (SSSR count). The molecule has 5 nitrogen and oxygen atoms in total. The van der Waals surface area contributed by atoms with Crippen LogP contribution >= 0.6 is 0 Å². The van der Waals surface area contributed by atoms with Gasteiger partial charge in [-0.3, -0.25) is 5.43 Å². The topological polar surface area (TPSA) is 71.7 Å². The van der Waals surface area contributed by atoms with E-state index in [0.29, 0.717) is 25.2 Å². The molecule has 0 aliphatic rings. The molecule has 0 radical (unpaired) electrons. The Morgan fingerprint density at radius 1 is 1.37 bits per heavy atom. The maximum absolute atomic E-state index is 5.43. The number of rotatable bonds is 7. The number of hydrogen-bond acceptors (Lipinski definition) is 3. The SMILES string of the molecule is COCCN=C(NN)NC(C)CCc1ccccc1. The lowest BCUT2D eigenvalue weighted by Gasteiger charge is -2.16. The lowest BCUT2D eigenvalue weighted by Crippen LogP contribution is -2.45. The van der Waals surface area contributed by atoms with Gasteiger partial charge in [0, 0.05) is 13.2 Å². The van der Waals surface area contributed by atoms with Crippen molar-refractivity contribution < 1.29 is 4.74 Å². The van der Waals surface area contributed by atoms with Crippen LogP contribution < -0.4 is 16.6 Å². The van der Waals surface area contributed by atoms with Gasteiger partial charge >= 0.3 is 0 Å². The van der Waals surface area contributed by atoms with E-state index in [4.69, 9.17) is 10.6 Å². The standard InChI is InChI=1S/C14H24N4O/c1-12(8-9-13-6-4-3-5-7-13)17-14(18-15)16-10-11-19-2/h3-7,12H,8-11,15H2,1-2H3,(H2,16,17,18). The average Bonchev–Trinajstić information content (AvgIpc) is 2.45. The average molecular weight is 264 g/mol. The molecule has 0 heterocycles. The molecule has 19 heavy (non-hydrogen) atoms. The van der Waals surface area contributed by atoms with Gasteiger partial charge in [-0.15, -0.1) is 0 Å². The minimum Gasteiger partial charge on any atom is -0.383 e. The minimum absolute atomic E-state index is 0.303. The van der Waals surface area contributed by atoms with Gasteiger partial charge in [0.1, 0.15) is 0 Å². The zero-order valence-corrected chi connectivity index (χ0v) is 11.7. The highest BCUT2D eigenvalue weighted by atomic mass is 16.5. The van der Waals surface area contributed by atoms with Gasteiger partial charge in [0.05, 0.1) is 13.2 Å². The van der Waals surface area contributed by atoms with Gasteiger partial charge in [0.2, 0.25) is 5.96 Å². The van der Waals surface area contributed by atoms with Crippen LogP contribution in [-0.4, -0.2) is 32.3 Å². The molecular weight excluding hydrogens is 240 g/mol. The predicted molar refractivity (Wildman–Crippen MR) is 78.9 cm³/mol. The Hall–Kier alpha value is -1.59. The van der Waals surface area contributed by atoms with Crippen LogP contribution in [0.5, 0.6) is 0 Å². The summed E-state index contributed by atoms with van der Waals surface area (Å²) in [4.78, 5) is 4.27. The quantitative estimate of drug-likeness (QED) is 0.226. The molecule has 106 valence electrons. The largest absolute Gasteiger partial charge is 0.383 e. The molecule has 0 saturated carbocycles. The molecule has 0 bridgehead atoms. The van der Waals surface area contributed by atoms with E-state index in [2.05, 4.69) is 46.9 Å². The smallest absolute Gasteiger partial charge is 0.206 e. The predicted octanol–water partition coefficient (Wildman–Crippen LogP) is 1.06. The van der Waals surface area contributed by atoms with E-state index in [1.165, 1.54) is 5.56 Å². The van der Waals surface area contributed by atoms with Gasteiger partial charge in [-0.2, -0.15) is 0 Å². The molecule has 0 amide bonds. The fraction of sp³-hybridized carbons (Fsp3) is 0.500. The van der Waals surface area contributed by atoms with Crippen molar-refractivity contribution in [1.29, 1.82) is 0 Å². The van der Waals surface area contributed by atoms with Crippen molar-refractivity contribution in [3.63, 3.8) is 0 Å². The molecule has 0 fully saturated rings. The molecule has 1 aromatic carbocycles. The first kappa shape index (κ1) is 15.5. The zero-order chi connectivity index (χ0) is 13.9. The van der Waals surface area contributed by atoms with Gasteiger partial charge in [0.15, 0.2) is 0 Å². The number of hydrazine groups is 1. The minimum atomic E-state index is 0.303. The van der Waals surface area contributed by atoms with E-state index >= 15 is 0 Å². The van der Waals surface area contributed by atoms with Crippen molar-refractivity contribution in [2.75, 3.05) is 20.3 Å². The number of ether oxygens (including phenoxy) is 1. The third-order valence-corrected chi connectivity index (χ3v) is 2.79. The Balaban J connectivity index is 2.32. The van der Waals surface area contributed by atoms with Crippen molar-refractivity contribution in [2.45, 2.75) is 25.8 Å². The van der Waals surface area contributed by atoms with Crippen molar-refractivity contribution >= 4 is 5.96 Å². The number of aliphatic imine (C=N–C) groups is 1. The second-order valence-electron chi connectivity index (χ2n) is 4.44. The fourth-order valence-corrected chi connectivity index (χ4v) is 1.72. The van der Waals surface area contributed by atoms with Crippen molar-refractivity contribution in [3.05, 3.63) is 35.9 Å². The lowest BCUT2D eigenvalue weighted by atomic mass is 10.1. The maximum atomic E-state index is 5.43. The summed E-state index contributed by atoms with van der Waals surface area (Å²) in [6, 6.07) is 10.7. The van der Waals surface area contributed by atoms with Crippen molar-refractivity contribution in [1.82, 2.24) is 10.7 Å². The van der Waals surface area contributed by atoms with E-state index in [1.807, 2.05) is 6.07 Å². The first-order chi connectivity index (χ1) is 9.26. The van der Waals surface area contributed by atoms with Crippen LogP contribution in [0, 0.1) is 0 Å². The number of nitrogens with zero attached hydrogens (tertiary/aromatic N) is 1. The zero-order valence-electron chi connectivity index (χ0n) is 11.7. The lowest BCUT2D eigenvalue weighted by molar-refractivity contribution is 0.208. The van der Waals surface area contributed by atoms with Gasteiger partial charge in [-0.25, -0.2) is 10.8 Å². The first-order valence-corrected chi connectivity index (χ1v) is 6.56. The molecule has 1 aromatic rings. The highest BCUT2D eigenvalue weighted by Crippen LogP contribution is 2.04. The van der Waals surface area contributed by atoms with Gasteiger partial charge < -0.3 is 10.1 Å². The summed E-state index contributed by atoms with van der Waals surface area (Å²) in [5.74, 6) is 6.04. The number of guanidine groups is 1. The number of hydrogen-bond donors (Lipinski definition) is 3. The number of methoxy groups -OCH3 is 1. The van der Waals surface area contributed by atoms with Crippen LogP contribution in [-0.2, 0) is 11.2 Å². The second kappa shape index (κ2) is 9.35. The summed E-state index contributed by atoms with van der Waals surface area (Å²) in [5.41, 5.74) is 3.92. The van der Waals surface area contributed by atoms with E-state index in [1.54, 1.807) is 7.11 Å². The third kappa shape index (κ3) is 6.79. The highest BCUT2D eigenvalue weighted by molar-refractivity contribution is 5.79. The van der Waals surface area contributed by atoms with Gasteiger partial charge in [0.25, 0.3) is 0 Å². The van der Waals surface area contributed by atoms with Crippen LogP contribution in [0.2, 0.25) is 0 Å². The third-order valence-electron chi connectivity index (χ3n) is 2.79. The molecule has 0 aromatic heterocycles. The Bertz CT molecular complexity index is 367. The molecule has 1 unspecified atom stereocenters. The maximum Gasteiger partial charge on any atom is 0.206 e. The summed E-state index contributed by atoms with van der Waals surface area (Å²) < 4.78 is 4.94. The number of aryl methyl sites for hydroxylation is 1. The molecule has 5 heteroatoms. The van der Waals surface area contributed by atoms with Crippen LogP contribution in [0.15, 0.2) is 35.3 Å². The Morgan fingerprint density at radius 3 is 2.74 bits per heavy atom. The van der Waals surface area contributed by atoms with E-state index in [0.717, 1.165) is 12.8 Å². The summed E-state index contributed by atoms with van der Waals surface area (Å²) in [7, 11) is 1.65. The highest BCUT2D eigenvalue weighted by Gasteiger charge is 2.04. The first-order valence-electron chi connectivity index (χ1n) is 6.56. The molecule has 0 saturated heterocycles. The number of benzene rings is 1. The molecule has 0 aliphatic carbocycles. The Kier molecular flexibility index (Phi) is 7.62. The summed E-state index contributed by atoms with van der Waals surface area (Å²) in [6.45, 7) is 3.30. The molecular formula is C14H24N4O. The second-order valence-corrected chi connectivity index (χ2v) is 4.44. The fourth-order valence-electron chi connectivity index (χ4n) is 1.72. The van der Waals surface area contributed by atoms with E-state index in [-0.39, 0.29) is 0 Å². The summed E-state index contributed by atoms with van der Waals surface area (Å²) >= 11 is 0. The van der Waals surface area contributed by atoms with E-state index < -0.39 is 0 Å². The van der Waals surface area contributed by atoms with E-state index in [9.17, 15) is 0 Å².